The van der Waals surface area contributed by atoms with Gasteiger partial charge in [-0.25, -0.2) is 0 Å². The maximum absolute atomic E-state index is 11.8. The SMILES string of the molecule is CSC1CCC(n2c(C)cc(C(=O)CCl)c2C)CC1. The van der Waals surface area contributed by atoms with Crippen molar-refractivity contribution in [3.63, 3.8) is 0 Å². The van der Waals surface area contributed by atoms with Gasteiger partial charge in [0.25, 0.3) is 0 Å². The first-order valence-corrected chi connectivity index (χ1v) is 8.71. The van der Waals surface area contributed by atoms with Crippen molar-refractivity contribution >= 4 is 29.1 Å². The highest BCUT2D eigenvalue weighted by atomic mass is 35.5. The van der Waals surface area contributed by atoms with E-state index in [-0.39, 0.29) is 11.7 Å². The van der Waals surface area contributed by atoms with E-state index in [2.05, 4.69) is 17.7 Å². The van der Waals surface area contributed by atoms with Crippen molar-refractivity contribution in [1.82, 2.24) is 4.57 Å². The van der Waals surface area contributed by atoms with Gasteiger partial charge in [-0.2, -0.15) is 11.8 Å². The molecule has 1 fully saturated rings. The Balaban J connectivity index is 2.21. The molecular weight excluding hydrogens is 278 g/mol. The number of nitrogens with zero attached hydrogens (tertiary/aromatic N) is 1. The van der Waals surface area contributed by atoms with Gasteiger partial charge in [0, 0.05) is 28.2 Å². The van der Waals surface area contributed by atoms with E-state index >= 15 is 0 Å². The molecule has 1 aromatic heterocycles. The number of carbonyl (C=O) groups excluding carboxylic acids is 1. The van der Waals surface area contributed by atoms with Crippen LogP contribution in [-0.4, -0.2) is 27.7 Å². The van der Waals surface area contributed by atoms with Crippen LogP contribution in [0.4, 0.5) is 0 Å². The minimum Gasteiger partial charge on any atom is -0.345 e. The number of carbonyl (C=O) groups is 1. The van der Waals surface area contributed by atoms with Crippen molar-refractivity contribution in [2.45, 2.75) is 50.8 Å². The number of aromatic nitrogens is 1. The molecular formula is C15H22ClNOS. The summed E-state index contributed by atoms with van der Waals surface area (Å²) in [5.74, 6) is 0.113. The fraction of sp³-hybridized carbons (Fsp3) is 0.667. The summed E-state index contributed by atoms with van der Waals surface area (Å²) in [5.41, 5.74) is 3.09. The molecule has 0 saturated heterocycles. The van der Waals surface area contributed by atoms with Gasteiger partial charge in [0.05, 0.1) is 5.88 Å². The molecule has 0 atom stereocenters. The van der Waals surface area contributed by atoms with E-state index in [1.54, 1.807) is 0 Å². The molecule has 19 heavy (non-hydrogen) atoms. The van der Waals surface area contributed by atoms with Crippen LogP contribution in [0.5, 0.6) is 0 Å². The van der Waals surface area contributed by atoms with Crippen molar-refractivity contribution < 1.29 is 4.79 Å². The molecule has 4 heteroatoms. The zero-order chi connectivity index (χ0) is 14.0. The summed E-state index contributed by atoms with van der Waals surface area (Å²) in [5, 5.41) is 0.816. The highest BCUT2D eigenvalue weighted by Crippen LogP contribution is 2.36. The molecule has 0 aromatic carbocycles. The first-order valence-electron chi connectivity index (χ1n) is 6.88. The third kappa shape index (κ3) is 3.03. The lowest BCUT2D eigenvalue weighted by Crippen LogP contribution is -2.21. The van der Waals surface area contributed by atoms with E-state index in [1.165, 1.54) is 31.4 Å². The summed E-state index contributed by atoms with van der Waals surface area (Å²) in [7, 11) is 0. The average Bonchev–Trinajstić information content (AvgIpc) is 2.73. The Hall–Kier alpha value is -0.410. The molecule has 1 aromatic rings. The van der Waals surface area contributed by atoms with Crippen LogP contribution in [0, 0.1) is 13.8 Å². The molecule has 2 rings (SSSR count). The predicted octanol–water partition coefficient (Wildman–Crippen LogP) is 4.37. The van der Waals surface area contributed by atoms with Crippen molar-refractivity contribution in [1.29, 1.82) is 0 Å². The number of halogens is 1. The second-order valence-corrected chi connectivity index (χ2v) is 6.78. The van der Waals surface area contributed by atoms with E-state index in [9.17, 15) is 4.79 Å². The molecule has 0 unspecified atom stereocenters. The number of Topliss-reactive ketones (excluding diaryl/α,β-unsaturated/α-hetero) is 1. The standard InChI is InChI=1S/C15H22ClNOS/c1-10-8-14(15(18)9-16)11(2)17(10)12-4-6-13(19-3)7-5-12/h8,12-13H,4-7,9H2,1-3H3. The van der Waals surface area contributed by atoms with Crippen molar-refractivity contribution in [2.75, 3.05) is 12.1 Å². The van der Waals surface area contributed by atoms with E-state index in [4.69, 9.17) is 11.6 Å². The van der Waals surface area contributed by atoms with E-state index in [1.807, 2.05) is 24.8 Å². The number of thioether (sulfide) groups is 1. The second-order valence-electron chi connectivity index (χ2n) is 5.38. The van der Waals surface area contributed by atoms with Gasteiger partial charge in [-0.15, -0.1) is 11.6 Å². The smallest absolute Gasteiger partial charge is 0.179 e. The summed E-state index contributed by atoms with van der Waals surface area (Å²) < 4.78 is 2.36. The Morgan fingerprint density at radius 3 is 2.53 bits per heavy atom. The number of rotatable bonds is 4. The minimum atomic E-state index is 0.0406. The molecule has 106 valence electrons. The second kappa shape index (κ2) is 6.36. The number of ketones is 1. The maximum Gasteiger partial charge on any atom is 0.179 e. The van der Waals surface area contributed by atoms with Gasteiger partial charge in [0.2, 0.25) is 0 Å². The minimum absolute atomic E-state index is 0.0406. The lowest BCUT2D eigenvalue weighted by molar-refractivity contribution is 0.102. The summed E-state index contributed by atoms with van der Waals surface area (Å²) in [4.78, 5) is 11.8. The fourth-order valence-electron chi connectivity index (χ4n) is 3.23. The van der Waals surface area contributed by atoms with E-state index in [0.29, 0.717) is 6.04 Å². The van der Waals surface area contributed by atoms with Crippen LogP contribution in [-0.2, 0) is 0 Å². The molecule has 0 bridgehead atoms. The Morgan fingerprint density at radius 1 is 1.37 bits per heavy atom. The highest BCUT2D eigenvalue weighted by molar-refractivity contribution is 7.99. The molecule has 1 aliphatic rings. The molecule has 1 aliphatic carbocycles. The van der Waals surface area contributed by atoms with Crippen LogP contribution in [0.25, 0.3) is 0 Å². The van der Waals surface area contributed by atoms with Gasteiger partial charge in [-0.3, -0.25) is 4.79 Å². The van der Waals surface area contributed by atoms with Gasteiger partial charge < -0.3 is 4.57 Å². The molecule has 0 aliphatic heterocycles. The monoisotopic (exact) mass is 299 g/mol. The lowest BCUT2D eigenvalue weighted by atomic mass is 9.94. The zero-order valence-corrected chi connectivity index (χ0v) is 13.5. The number of alkyl halides is 1. The summed E-state index contributed by atoms with van der Waals surface area (Å²) in [6.07, 6.45) is 7.20. The van der Waals surface area contributed by atoms with E-state index < -0.39 is 0 Å². The van der Waals surface area contributed by atoms with Gasteiger partial charge in [0.1, 0.15) is 0 Å². The van der Waals surface area contributed by atoms with Crippen LogP contribution < -0.4 is 0 Å². The predicted molar refractivity (Wildman–Crippen MR) is 83.8 cm³/mol. The summed E-state index contributed by atoms with van der Waals surface area (Å²) in [6.45, 7) is 4.14. The average molecular weight is 300 g/mol. The molecule has 1 heterocycles. The van der Waals surface area contributed by atoms with Crippen LogP contribution in [0.1, 0.15) is 53.5 Å². The Morgan fingerprint density at radius 2 is 2.00 bits per heavy atom. The third-order valence-corrected chi connectivity index (χ3v) is 5.63. The van der Waals surface area contributed by atoms with Crippen molar-refractivity contribution in [2.24, 2.45) is 0 Å². The van der Waals surface area contributed by atoms with Gasteiger partial charge in [0.15, 0.2) is 5.78 Å². The first kappa shape index (κ1) is 15.0. The molecule has 0 radical (unpaired) electrons. The number of hydrogen-bond donors (Lipinski definition) is 0. The Kier molecular flexibility index (Phi) is 5.02. The van der Waals surface area contributed by atoms with Crippen LogP contribution in [0.15, 0.2) is 6.07 Å². The Labute approximate surface area is 124 Å². The van der Waals surface area contributed by atoms with Crippen LogP contribution in [0.2, 0.25) is 0 Å². The van der Waals surface area contributed by atoms with Crippen molar-refractivity contribution in [3.05, 3.63) is 23.0 Å². The third-order valence-electron chi connectivity index (χ3n) is 4.25. The maximum atomic E-state index is 11.8. The zero-order valence-electron chi connectivity index (χ0n) is 11.9. The number of hydrogen-bond acceptors (Lipinski definition) is 2. The van der Waals surface area contributed by atoms with Crippen molar-refractivity contribution in [3.8, 4) is 0 Å². The van der Waals surface area contributed by atoms with Gasteiger partial charge in [-0.05, 0) is 51.9 Å². The quantitative estimate of drug-likeness (QED) is 0.608. The van der Waals surface area contributed by atoms with E-state index in [0.717, 1.165) is 16.5 Å². The topological polar surface area (TPSA) is 22.0 Å². The summed E-state index contributed by atoms with van der Waals surface area (Å²) in [6, 6.07) is 2.56. The number of aryl methyl sites for hydroxylation is 1. The fourth-order valence-corrected chi connectivity index (χ4v) is 4.12. The Bertz CT molecular complexity index is 461. The molecule has 0 N–H and O–H groups in total. The normalized spacial score (nSPS) is 23.6. The molecule has 2 nitrogen and oxygen atoms in total. The van der Waals surface area contributed by atoms with Gasteiger partial charge >= 0.3 is 0 Å². The lowest BCUT2D eigenvalue weighted by Gasteiger charge is -2.30. The molecule has 0 spiro atoms. The van der Waals surface area contributed by atoms with Crippen LogP contribution in [0.3, 0.4) is 0 Å². The van der Waals surface area contributed by atoms with Crippen LogP contribution >= 0.6 is 23.4 Å². The van der Waals surface area contributed by atoms with Gasteiger partial charge in [-0.1, -0.05) is 0 Å². The summed E-state index contributed by atoms with van der Waals surface area (Å²) >= 11 is 7.67. The largest absolute Gasteiger partial charge is 0.345 e. The highest BCUT2D eigenvalue weighted by Gasteiger charge is 2.25. The molecule has 0 amide bonds. The first-order chi connectivity index (χ1) is 9.08. The molecule has 1 saturated carbocycles.